The molecule has 0 saturated carbocycles. The number of carbonyl (C=O) groups excluding carboxylic acids is 1. The lowest BCUT2D eigenvalue weighted by Crippen LogP contribution is -2.11. The van der Waals surface area contributed by atoms with E-state index in [0.29, 0.717) is 22.0 Å². The third-order valence-corrected chi connectivity index (χ3v) is 4.87. The topological polar surface area (TPSA) is 110 Å². The molecule has 118 valence electrons. The molecule has 3 aromatic rings. The number of thioether (sulfide) groups is 1. The lowest BCUT2D eigenvalue weighted by atomic mass is 10.2. The minimum absolute atomic E-state index is 0.416. The second kappa shape index (κ2) is 6.39. The number of allylic oxidation sites excluding steroid dienone is 1. The van der Waals surface area contributed by atoms with E-state index >= 15 is 0 Å². The minimum Gasteiger partial charge on any atom is -0.366 e. The van der Waals surface area contributed by atoms with Crippen LogP contribution in [0.15, 0.2) is 34.8 Å². The van der Waals surface area contributed by atoms with Crippen molar-refractivity contribution in [2.45, 2.75) is 17.0 Å². The number of rotatable bonds is 6. The van der Waals surface area contributed by atoms with Crippen LogP contribution in [0, 0.1) is 0 Å². The van der Waals surface area contributed by atoms with E-state index in [0.717, 1.165) is 21.4 Å². The Kier molecular flexibility index (Phi) is 4.30. The lowest BCUT2D eigenvalue weighted by Gasteiger charge is -1.96. The Labute approximate surface area is 140 Å². The van der Waals surface area contributed by atoms with Crippen molar-refractivity contribution in [3.8, 4) is 0 Å². The van der Waals surface area contributed by atoms with Gasteiger partial charge < -0.3 is 16.0 Å². The van der Waals surface area contributed by atoms with Gasteiger partial charge in [-0.25, -0.2) is 4.98 Å². The zero-order valence-corrected chi connectivity index (χ0v) is 13.9. The number of nitrogens with one attached hydrogen (secondary N) is 2. The second-order valence-electron chi connectivity index (χ2n) is 4.82. The summed E-state index contributed by atoms with van der Waals surface area (Å²) in [6, 6.07) is 5.31. The molecule has 0 aliphatic rings. The summed E-state index contributed by atoms with van der Waals surface area (Å²) in [5.41, 5.74) is 7.98. The van der Waals surface area contributed by atoms with E-state index in [2.05, 4.69) is 32.1 Å². The molecule has 0 aliphatic carbocycles. The molecule has 23 heavy (non-hydrogen) atoms. The number of benzene rings is 1. The monoisotopic (exact) mass is 346 g/mol. The number of imidazole rings is 1. The van der Waals surface area contributed by atoms with Crippen molar-refractivity contribution in [1.82, 2.24) is 20.2 Å². The molecular weight excluding hydrogens is 332 g/mol. The number of H-pyrrole nitrogens is 1. The number of anilines is 1. The number of hydrogen-bond donors (Lipinski definition) is 3. The van der Waals surface area contributed by atoms with Crippen molar-refractivity contribution in [3.63, 3.8) is 0 Å². The predicted octanol–water partition coefficient (Wildman–Crippen LogP) is 2.75. The van der Waals surface area contributed by atoms with Crippen LogP contribution in [-0.2, 0) is 5.75 Å². The van der Waals surface area contributed by atoms with Crippen LogP contribution in [0.5, 0.6) is 0 Å². The summed E-state index contributed by atoms with van der Waals surface area (Å²) in [5.74, 6) is 0.860. The highest BCUT2D eigenvalue weighted by atomic mass is 32.2. The third-order valence-electron chi connectivity index (χ3n) is 2.89. The molecule has 0 atom stereocenters. The molecule has 4 N–H and O–H groups in total. The molecule has 1 aromatic carbocycles. The van der Waals surface area contributed by atoms with Gasteiger partial charge in [0.15, 0.2) is 4.34 Å². The molecule has 0 spiro atoms. The maximum absolute atomic E-state index is 11.4. The summed E-state index contributed by atoms with van der Waals surface area (Å²) in [6.45, 7) is 5.63. The van der Waals surface area contributed by atoms with Gasteiger partial charge in [0.25, 0.3) is 5.91 Å². The first-order valence-electron chi connectivity index (χ1n) is 6.69. The molecule has 1 amide bonds. The van der Waals surface area contributed by atoms with E-state index < -0.39 is 5.91 Å². The summed E-state index contributed by atoms with van der Waals surface area (Å²) < 4.78 is 0.823. The van der Waals surface area contributed by atoms with Gasteiger partial charge in [-0.2, -0.15) is 0 Å². The number of para-hydroxylation sites is 1. The number of carbonyl (C=O) groups is 1. The number of aromatic nitrogens is 4. The first kappa shape index (κ1) is 15.5. The number of hydrogen-bond acceptors (Lipinski definition) is 7. The summed E-state index contributed by atoms with van der Waals surface area (Å²) in [6.07, 6.45) is 0. The van der Waals surface area contributed by atoms with Crippen molar-refractivity contribution in [2.75, 3.05) is 5.32 Å². The van der Waals surface area contributed by atoms with Gasteiger partial charge >= 0.3 is 0 Å². The Morgan fingerprint density at radius 1 is 1.48 bits per heavy atom. The normalized spacial score (nSPS) is 10.8. The largest absolute Gasteiger partial charge is 0.366 e. The van der Waals surface area contributed by atoms with Crippen LogP contribution >= 0.6 is 23.1 Å². The fourth-order valence-electron chi connectivity index (χ4n) is 1.98. The highest BCUT2D eigenvalue weighted by Gasteiger charge is 2.12. The molecule has 2 heterocycles. The minimum atomic E-state index is -0.485. The molecular formula is C14H14N6OS2. The molecule has 0 aliphatic heterocycles. The quantitative estimate of drug-likeness (QED) is 0.592. The van der Waals surface area contributed by atoms with Gasteiger partial charge in [-0.15, -0.1) is 10.2 Å². The van der Waals surface area contributed by atoms with E-state index in [1.54, 1.807) is 12.1 Å². The third kappa shape index (κ3) is 3.51. The molecule has 7 nitrogen and oxygen atoms in total. The van der Waals surface area contributed by atoms with Crippen LogP contribution in [0.4, 0.5) is 5.13 Å². The van der Waals surface area contributed by atoms with Gasteiger partial charge in [0.05, 0.1) is 16.8 Å². The van der Waals surface area contributed by atoms with Gasteiger partial charge in [-0.1, -0.05) is 35.7 Å². The van der Waals surface area contributed by atoms with Gasteiger partial charge in [0, 0.05) is 5.70 Å². The summed E-state index contributed by atoms with van der Waals surface area (Å²) in [4.78, 5) is 19.1. The first-order chi connectivity index (χ1) is 11.0. The number of nitrogens with zero attached hydrogens (tertiary/aromatic N) is 3. The van der Waals surface area contributed by atoms with Gasteiger partial charge in [0.2, 0.25) is 5.13 Å². The summed E-state index contributed by atoms with van der Waals surface area (Å²) in [5, 5.41) is 11.9. The average molecular weight is 346 g/mol. The molecule has 2 aromatic heterocycles. The zero-order chi connectivity index (χ0) is 16.4. The van der Waals surface area contributed by atoms with Gasteiger partial charge in [-0.05, 0) is 19.1 Å². The Balaban J connectivity index is 1.74. The van der Waals surface area contributed by atoms with Gasteiger partial charge in [-0.3, -0.25) is 4.79 Å². The van der Waals surface area contributed by atoms with Crippen molar-refractivity contribution in [2.24, 2.45) is 5.73 Å². The van der Waals surface area contributed by atoms with E-state index in [4.69, 9.17) is 5.73 Å². The van der Waals surface area contributed by atoms with Crippen LogP contribution in [0.25, 0.3) is 11.0 Å². The smallest absolute Gasteiger partial charge is 0.250 e. The number of aromatic amines is 1. The number of fused-ring (bicyclic) bond motifs is 1. The fraction of sp³-hybridized carbons (Fsp3) is 0.143. The maximum atomic E-state index is 11.4. The molecule has 0 unspecified atom stereocenters. The number of amides is 1. The van der Waals surface area contributed by atoms with Crippen LogP contribution < -0.4 is 11.1 Å². The fourth-order valence-corrected chi connectivity index (χ4v) is 3.68. The van der Waals surface area contributed by atoms with Crippen LogP contribution in [0.3, 0.4) is 0 Å². The highest BCUT2D eigenvalue weighted by Crippen LogP contribution is 2.29. The van der Waals surface area contributed by atoms with Gasteiger partial charge in [0.1, 0.15) is 11.3 Å². The predicted molar refractivity (Wildman–Crippen MR) is 92.5 cm³/mol. The number of primary amides is 1. The molecule has 0 saturated heterocycles. The van der Waals surface area contributed by atoms with Crippen LogP contribution in [-0.4, -0.2) is 26.1 Å². The van der Waals surface area contributed by atoms with E-state index in [1.165, 1.54) is 23.1 Å². The van der Waals surface area contributed by atoms with Crippen LogP contribution in [0.1, 0.15) is 23.1 Å². The lowest BCUT2D eigenvalue weighted by molar-refractivity contribution is 0.100. The van der Waals surface area contributed by atoms with Crippen LogP contribution in [0.2, 0.25) is 0 Å². The van der Waals surface area contributed by atoms with Crippen molar-refractivity contribution in [3.05, 3.63) is 41.9 Å². The summed E-state index contributed by atoms with van der Waals surface area (Å²) in [7, 11) is 0. The molecule has 9 heteroatoms. The molecule has 3 rings (SSSR count). The standard InChI is InChI=1S/C14H14N6OS2/c1-7(2)16-13-19-20-14(23-13)22-6-10-17-9-5-3-4-8(12(15)21)11(9)18-10/h3-5H,1,6H2,2H3,(H2,15,21)(H,16,19)(H,17,18). The zero-order valence-electron chi connectivity index (χ0n) is 12.3. The number of nitrogens with two attached hydrogens (primary N) is 1. The second-order valence-corrected chi connectivity index (χ2v) is 7.02. The first-order valence-corrected chi connectivity index (χ1v) is 8.49. The highest BCUT2D eigenvalue weighted by molar-refractivity contribution is 8.00. The Morgan fingerprint density at radius 2 is 2.30 bits per heavy atom. The maximum Gasteiger partial charge on any atom is 0.250 e. The Bertz CT molecular complexity index is 884. The van der Waals surface area contributed by atoms with Crippen molar-refractivity contribution >= 4 is 45.2 Å². The van der Waals surface area contributed by atoms with E-state index in [9.17, 15) is 4.79 Å². The molecule has 0 bridgehead atoms. The van der Waals surface area contributed by atoms with E-state index in [1.807, 2.05) is 13.0 Å². The Hall–Kier alpha value is -2.39. The van der Waals surface area contributed by atoms with Crippen molar-refractivity contribution < 1.29 is 4.79 Å². The van der Waals surface area contributed by atoms with E-state index in [-0.39, 0.29) is 0 Å². The SMILES string of the molecule is C=C(C)Nc1nnc(SCc2nc3c(C(N)=O)cccc3[nH]2)s1. The molecule has 0 radical (unpaired) electrons. The Morgan fingerprint density at radius 3 is 3.04 bits per heavy atom. The summed E-state index contributed by atoms with van der Waals surface area (Å²) >= 11 is 2.96. The molecule has 0 fully saturated rings. The average Bonchev–Trinajstić information content (AvgIpc) is 3.09. The van der Waals surface area contributed by atoms with Crippen molar-refractivity contribution in [1.29, 1.82) is 0 Å².